The summed E-state index contributed by atoms with van der Waals surface area (Å²) < 4.78 is 0. The van der Waals surface area contributed by atoms with E-state index < -0.39 is 0 Å². The molecule has 0 bridgehead atoms. The molecule has 0 saturated carbocycles. The molecule has 2 aliphatic rings. The largest absolute Gasteiger partial charge is 0.372 e. The second-order valence-electron chi connectivity index (χ2n) is 7.84. The fraction of sp³-hybridized carbons (Fsp3) is 0.684. The summed E-state index contributed by atoms with van der Waals surface area (Å²) in [4.78, 5) is 5.17. The lowest BCUT2D eigenvalue weighted by Gasteiger charge is -2.42. The number of nitrogens with zero attached hydrogens (tertiary/aromatic N) is 2. The predicted octanol–water partition coefficient (Wildman–Crippen LogP) is 3.28. The highest BCUT2D eigenvalue weighted by molar-refractivity contribution is 5.48. The molecular formula is C19H31N3. The molecule has 3 rings (SSSR count). The fourth-order valence-electron chi connectivity index (χ4n) is 4.04. The first-order valence-electron chi connectivity index (χ1n) is 8.85. The smallest absolute Gasteiger partial charge is 0.0397 e. The first-order valence-corrected chi connectivity index (χ1v) is 8.85. The third-order valence-corrected chi connectivity index (χ3v) is 5.02. The van der Waals surface area contributed by atoms with E-state index in [1.807, 2.05) is 0 Å². The number of anilines is 1. The Kier molecular flexibility index (Phi) is 4.74. The van der Waals surface area contributed by atoms with E-state index in [1.165, 1.54) is 37.2 Å². The molecule has 1 aromatic rings. The van der Waals surface area contributed by atoms with Crippen LogP contribution in [0.1, 0.15) is 45.2 Å². The van der Waals surface area contributed by atoms with Crippen LogP contribution >= 0.6 is 0 Å². The average Bonchev–Trinajstić information content (AvgIpc) is 3.02. The zero-order chi connectivity index (χ0) is 15.6. The Morgan fingerprint density at radius 2 is 1.50 bits per heavy atom. The number of piperazine rings is 1. The van der Waals surface area contributed by atoms with Crippen LogP contribution in [-0.4, -0.2) is 44.2 Å². The Labute approximate surface area is 135 Å². The lowest BCUT2D eigenvalue weighted by Crippen LogP contribution is -2.48. The number of hydrogen-bond donors (Lipinski definition) is 1. The fourth-order valence-corrected chi connectivity index (χ4v) is 4.04. The van der Waals surface area contributed by atoms with Crippen molar-refractivity contribution in [2.24, 2.45) is 5.41 Å². The summed E-state index contributed by atoms with van der Waals surface area (Å²) in [5.41, 5.74) is 3.12. The Hall–Kier alpha value is -1.06. The van der Waals surface area contributed by atoms with Crippen molar-refractivity contribution in [3.05, 3.63) is 29.8 Å². The lowest BCUT2D eigenvalue weighted by molar-refractivity contribution is 0.0862. The number of hydrogen-bond acceptors (Lipinski definition) is 3. The van der Waals surface area contributed by atoms with Crippen LogP contribution in [0.5, 0.6) is 0 Å². The zero-order valence-electron chi connectivity index (χ0n) is 14.4. The zero-order valence-corrected chi connectivity index (χ0v) is 14.4. The van der Waals surface area contributed by atoms with E-state index in [-0.39, 0.29) is 5.41 Å². The second kappa shape index (κ2) is 6.59. The summed E-state index contributed by atoms with van der Waals surface area (Å²) in [6.45, 7) is 14.1. The highest BCUT2D eigenvalue weighted by atomic mass is 15.2. The standard InChI is InChI=1S/C19H31N3/c1-19(2,3)18(22-14-10-20-11-15-22)16-6-8-17(9-7-16)21-12-4-5-13-21/h6-9,18,20H,4-5,10-15H2,1-3H3/t18-/m0/s1. The van der Waals surface area contributed by atoms with Gasteiger partial charge in [-0.3, -0.25) is 4.90 Å². The quantitative estimate of drug-likeness (QED) is 0.924. The Bertz CT molecular complexity index is 462. The van der Waals surface area contributed by atoms with Crippen molar-refractivity contribution in [1.82, 2.24) is 10.2 Å². The molecule has 0 unspecified atom stereocenters. The molecule has 3 heteroatoms. The minimum absolute atomic E-state index is 0.256. The molecule has 1 N–H and O–H groups in total. The minimum Gasteiger partial charge on any atom is -0.372 e. The molecule has 0 aromatic heterocycles. The van der Waals surface area contributed by atoms with Crippen molar-refractivity contribution in [3.8, 4) is 0 Å². The second-order valence-corrected chi connectivity index (χ2v) is 7.84. The molecule has 122 valence electrons. The SMILES string of the molecule is CC(C)(C)[C@H](c1ccc(N2CCCC2)cc1)N1CCNCC1. The summed E-state index contributed by atoms with van der Waals surface area (Å²) >= 11 is 0. The van der Waals surface area contributed by atoms with Crippen LogP contribution in [0.25, 0.3) is 0 Å². The van der Waals surface area contributed by atoms with Gasteiger partial charge in [-0.1, -0.05) is 32.9 Å². The molecule has 2 aliphatic heterocycles. The maximum absolute atomic E-state index is 3.47. The van der Waals surface area contributed by atoms with Gasteiger partial charge in [0.2, 0.25) is 0 Å². The van der Waals surface area contributed by atoms with Crippen LogP contribution in [0.2, 0.25) is 0 Å². The van der Waals surface area contributed by atoms with E-state index in [1.54, 1.807) is 0 Å². The first kappa shape index (κ1) is 15.8. The highest BCUT2D eigenvalue weighted by Crippen LogP contribution is 2.38. The molecule has 2 fully saturated rings. The molecule has 22 heavy (non-hydrogen) atoms. The van der Waals surface area contributed by atoms with Gasteiger partial charge in [-0.25, -0.2) is 0 Å². The van der Waals surface area contributed by atoms with Gasteiger partial charge in [0.25, 0.3) is 0 Å². The molecule has 0 aliphatic carbocycles. The summed E-state index contributed by atoms with van der Waals surface area (Å²) in [6.07, 6.45) is 2.68. The number of nitrogens with one attached hydrogen (secondary N) is 1. The molecule has 1 atom stereocenters. The van der Waals surface area contributed by atoms with Gasteiger partial charge < -0.3 is 10.2 Å². The summed E-state index contributed by atoms with van der Waals surface area (Å²) in [5.74, 6) is 0. The van der Waals surface area contributed by atoms with Crippen molar-refractivity contribution in [3.63, 3.8) is 0 Å². The highest BCUT2D eigenvalue weighted by Gasteiger charge is 2.32. The van der Waals surface area contributed by atoms with Gasteiger partial charge in [0.1, 0.15) is 0 Å². The van der Waals surface area contributed by atoms with Crippen LogP contribution in [-0.2, 0) is 0 Å². The molecule has 2 saturated heterocycles. The molecule has 2 heterocycles. The third-order valence-electron chi connectivity index (χ3n) is 5.02. The minimum atomic E-state index is 0.256. The topological polar surface area (TPSA) is 18.5 Å². The summed E-state index contributed by atoms with van der Waals surface area (Å²) in [5, 5.41) is 3.47. The van der Waals surface area contributed by atoms with Gasteiger partial charge in [-0.15, -0.1) is 0 Å². The average molecular weight is 301 g/mol. The summed E-state index contributed by atoms with van der Waals surface area (Å²) in [6, 6.07) is 9.91. The van der Waals surface area contributed by atoms with Gasteiger partial charge in [-0.2, -0.15) is 0 Å². The van der Waals surface area contributed by atoms with Crippen LogP contribution < -0.4 is 10.2 Å². The Balaban J connectivity index is 1.81. The van der Waals surface area contributed by atoms with Gasteiger partial charge >= 0.3 is 0 Å². The van der Waals surface area contributed by atoms with E-state index in [4.69, 9.17) is 0 Å². The third kappa shape index (κ3) is 3.47. The van der Waals surface area contributed by atoms with Crippen molar-refractivity contribution < 1.29 is 0 Å². The molecule has 3 nitrogen and oxygen atoms in total. The van der Waals surface area contributed by atoms with E-state index >= 15 is 0 Å². The van der Waals surface area contributed by atoms with Crippen LogP contribution in [0.3, 0.4) is 0 Å². The van der Waals surface area contributed by atoms with Crippen LogP contribution in [0, 0.1) is 5.41 Å². The Morgan fingerprint density at radius 1 is 0.909 bits per heavy atom. The predicted molar refractivity (Wildman–Crippen MR) is 94.5 cm³/mol. The van der Waals surface area contributed by atoms with Crippen LogP contribution in [0.4, 0.5) is 5.69 Å². The number of rotatable bonds is 3. The molecular weight excluding hydrogens is 270 g/mol. The van der Waals surface area contributed by atoms with E-state index in [2.05, 4.69) is 60.2 Å². The number of benzene rings is 1. The molecule has 1 aromatic carbocycles. The van der Waals surface area contributed by atoms with E-state index in [9.17, 15) is 0 Å². The van der Waals surface area contributed by atoms with E-state index in [0.717, 1.165) is 26.2 Å². The van der Waals surface area contributed by atoms with Crippen molar-refractivity contribution in [2.75, 3.05) is 44.2 Å². The Morgan fingerprint density at radius 3 is 2.05 bits per heavy atom. The maximum atomic E-state index is 3.47. The van der Waals surface area contributed by atoms with E-state index in [0.29, 0.717) is 6.04 Å². The molecule has 0 spiro atoms. The molecule has 0 amide bonds. The van der Waals surface area contributed by atoms with Gasteiger partial charge in [0, 0.05) is 51.0 Å². The van der Waals surface area contributed by atoms with Gasteiger partial charge in [0.15, 0.2) is 0 Å². The normalized spacial score (nSPS) is 22.0. The van der Waals surface area contributed by atoms with Gasteiger partial charge in [-0.05, 0) is 36.0 Å². The lowest BCUT2D eigenvalue weighted by atomic mass is 9.81. The van der Waals surface area contributed by atoms with Crippen molar-refractivity contribution in [1.29, 1.82) is 0 Å². The monoisotopic (exact) mass is 301 g/mol. The maximum Gasteiger partial charge on any atom is 0.0397 e. The first-order chi connectivity index (χ1) is 10.6. The van der Waals surface area contributed by atoms with Crippen molar-refractivity contribution in [2.45, 2.75) is 39.7 Å². The summed E-state index contributed by atoms with van der Waals surface area (Å²) in [7, 11) is 0. The van der Waals surface area contributed by atoms with Crippen LogP contribution in [0.15, 0.2) is 24.3 Å². The van der Waals surface area contributed by atoms with Crippen molar-refractivity contribution >= 4 is 5.69 Å². The molecule has 0 radical (unpaired) electrons. The van der Waals surface area contributed by atoms with Gasteiger partial charge in [0.05, 0.1) is 0 Å².